The van der Waals surface area contributed by atoms with Crippen LogP contribution in [0, 0.1) is 5.82 Å². The molecule has 1 atom stereocenters. The first kappa shape index (κ1) is 24.3. The van der Waals surface area contributed by atoms with E-state index in [2.05, 4.69) is 17.2 Å². The molecule has 8 heteroatoms. The third-order valence-corrected chi connectivity index (χ3v) is 6.54. The molecule has 1 heterocycles. The zero-order valence-electron chi connectivity index (χ0n) is 18.0. The Bertz CT molecular complexity index is 968. The molecule has 2 amide bonds. The molecular weight excluding hydrogens is 449 g/mol. The number of amidine groups is 1. The number of nitrogens with zero attached hydrogens (tertiary/aromatic N) is 2. The van der Waals surface area contributed by atoms with Crippen molar-refractivity contribution in [3.63, 3.8) is 0 Å². The van der Waals surface area contributed by atoms with Gasteiger partial charge in [-0.25, -0.2) is 9.38 Å². The SMILES string of the molecule is CCCCCCCN1C(=O)CC(C(=O)Nc2ccccc2F)SC1=Nc1ccc(Cl)cc1. The smallest absolute Gasteiger partial charge is 0.238 e. The molecule has 1 fully saturated rings. The van der Waals surface area contributed by atoms with Crippen LogP contribution in [0.1, 0.15) is 45.4 Å². The summed E-state index contributed by atoms with van der Waals surface area (Å²) in [6, 6.07) is 13.0. The molecule has 0 bridgehead atoms. The maximum Gasteiger partial charge on any atom is 0.238 e. The summed E-state index contributed by atoms with van der Waals surface area (Å²) in [5, 5.41) is 2.98. The number of carbonyl (C=O) groups excluding carboxylic acids is 2. The Kier molecular flexibility index (Phi) is 9.11. The van der Waals surface area contributed by atoms with Crippen LogP contribution < -0.4 is 5.32 Å². The quantitative estimate of drug-likeness (QED) is 0.426. The van der Waals surface area contributed by atoms with Gasteiger partial charge in [0.15, 0.2) is 5.17 Å². The van der Waals surface area contributed by atoms with E-state index in [1.54, 1.807) is 41.3 Å². The summed E-state index contributed by atoms with van der Waals surface area (Å²) >= 11 is 7.20. The van der Waals surface area contributed by atoms with Crippen molar-refractivity contribution < 1.29 is 14.0 Å². The van der Waals surface area contributed by atoms with Gasteiger partial charge in [-0.15, -0.1) is 0 Å². The summed E-state index contributed by atoms with van der Waals surface area (Å²) in [4.78, 5) is 32.1. The Morgan fingerprint density at radius 3 is 2.59 bits per heavy atom. The Morgan fingerprint density at radius 2 is 1.88 bits per heavy atom. The van der Waals surface area contributed by atoms with Gasteiger partial charge in [-0.3, -0.25) is 14.5 Å². The Morgan fingerprint density at radius 1 is 1.16 bits per heavy atom. The van der Waals surface area contributed by atoms with E-state index in [-0.39, 0.29) is 18.0 Å². The number of thioether (sulfide) groups is 1. The lowest BCUT2D eigenvalue weighted by Crippen LogP contribution is -2.45. The van der Waals surface area contributed by atoms with Gasteiger partial charge >= 0.3 is 0 Å². The molecule has 0 spiro atoms. The minimum Gasteiger partial charge on any atom is -0.323 e. The van der Waals surface area contributed by atoms with Crippen molar-refractivity contribution in [2.75, 3.05) is 11.9 Å². The van der Waals surface area contributed by atoms with Gasteiger partial charge in [0.1, 0.15) is 11.1 Å². The van der Waals surface area contributed by atoms with Gasteiger partial charge in [0.05, 0.1) is 11.4 Å². The average molecular weight is 476 g/mol. The van der Waals surface area contributed by atoms with Crippen molar-refractivity contribution in [3.05, 3.63) is 59.4 Å². The Balaban J connectivity index is 1.76. The zero-order valence-corrected chi connectivity index (χ0v) is 19.6. The molecule has 1 aliphatic rings. The number of nitrogens with one attached hydrogen (secondary N) is 1. The van der Waals surface area contributed by atoms with Gasteiger partial charge in [0.2, 0.25) is 11.8 Å². The first-order chi connectivity index (χ1) is 15.5. The van der Waals surface area contributed by atoms with E-state index >= 15 is 0 Å². The summed E-state index contributed by atoms with van der Waals surface area (Å²) in [6.07, 6.45) is 5.40. The zero-order chi connectivity index (χ0) is 22.9. The Hall–Kier alpha value is -2.38. The molecular formula is C24H27ClFN3O2S. The molecule has 5 nitrogen and oxygen atoms in total. The van der Waals surface area contributed by atoms with Gasteiger partial charge in [-0.1, -0.05) is 68.1 Å². The second-order valence-corrected chi connectivity index (χ2v) is 9.22. The number of unbranched alkanes of at least 4 members (excludes halogenated alkanes) is 4. The summed E-state index contributed by atoms with van der Waals surface area (Å²) < 4.78 is 13.9. The van der Waals surface area contributed by atoms with E-state index in [1.165, 1.54) is 30.3 Å². The van der Waals surface area contributed by atoms with Crippen molar-refractivity contribution in [2.24, 2.45) is 4.99 Å². The van der Waals surface area contributed by atoms with Crippen LogP contribution >= 0.6 is 23.4 Å². The van der Waals surface area contributed by atoms with Crippen LogP contribution in [0.15, 0.2) is 53.5 Å². The number of aliphatic imine (C=N–C) groups is 1. The molecule has 2 aromatic rings. The molecule has 1 N–H and O–H groups in total. The number of carbonyl (C=O) groups is 2. The third-order valence-electron chi connectivity index (χ3n) is 5.10. The van der Waals surface area contributed by atoms with Crippen LogP contribution in [-0.4, -0.2) is 33.7 Å². The number of amides is 2. The highest BCUT2D eigenvalue weighted by molar-refractivity contribution is 8.15. The highest BCUT2D eigenvalue weighted by atomic mass is 35.5. The topological polar surface area (TPSA) is 61.8 Å². The monoisotopic (exact) mass is 475 g/mol. The van der Waals surface area contributed by atoms with Crippen molar-refractivity contribution >= 4 is 51.7 Å². The van der Waals surface area contributed by atoms with Gasteiger partial charge in [0.25, 0.3) is 0 Å². The number of para-hydroxylation sites is 1. The molecule has 0 saturated carbocycles. The van der Waals surface area contributed by atoms with Crippen LogP contribution in [0.4, 0.5) is 15.8 Å². The van der Waals surface area contributed by atoms with E-state index in [1.807, 2.05) is 0 Å². The largest absolute Gasteiger partial charge is 0.323 e. The normalized spacial score (nSPS) is 17.6. The first-order valence-electron chi connectivity index (χ1n) is 10.8. The predicted octanol–water partition coefficient (Wildman–Crippen LogP) is 6.41. The van der Waals surface area contributed by atoms with Gasteiger partial charge in [-0.2, -0.15) is 0 Å². The predicted molar refractivity (Wildman–Crippen MR) is 130 cm³/mol. The molecule has 2 aromatic carbocycles. The van der Waals surface area contributed by atoms with Crippen molar-refractivity contribution in [3.8, 4) is 0 Å². The minimum atomic E-state index is -0.690. The number of halogens is 2. The first-order valence-corrected chi connectivity index (χ1v) is 12.1. The minimum absolute atomic E-state index is 0.0412. The van der Waals surface area contributed by atoms with E-state index in [0.717, 1.165) is 25.7 Å². The van der Waals surface area contributed by atoms with Gasteiger partial charge < -0.3 is 5.32 Å². The van der Waals surface area contributed by atoms with Crippen LogP contribution in [-0.2, 0) is 9.59 Å². The van der Waals surface area contributed by atoms with Gasteiger partial charge in [0, 0.05) is 18.0 Å². The maximum absolute atomic E-state index is 13.9. The molecule has 1 aliphatic heterocycles. The van der Waals surface area contributed by atoms with E-state index < -0.39 is 17.0 Å². The lowest BCUT2D eigenvalue weighted by Gasteiger charge is -2.32. The fourth-order valence-electron chi connectivity index (χ4n) is 3.34. The molecule has 0 aliphatic carbocycles. The number of hydrogen-bond donors (Lipinski definition) is 1. The number of benzene rings is 2. The molecule has 1 saturated heterocycles. The van der Waals surface area contributed by atoms with Crippen molar-refractivity contribution in [2.45, 2.75) is 50.7 Å². The van der Waals surface area contributed by atoms with Crippen LogP contribution in [0.25, 0.3) is 0 Å². The highest BCUT2D eigenvalue weighted by Gasteiger charge is 2.35. The molecule has 1 unspecified atom stereocenters. The summed E-state index contributed by atoms with van der Waals surface area (Å²) in [7, 11) is 0. The molecule has 32 heavy (non-hydrogen) atoms. The Labute approximate surface area is 197 Å². The molecule has 0 radical (unpaired) electrons. The summed E-state index contributed by atoms with van der Waals surface area (Å²) in [5.74, 6) is -1.09. The third kappa shape index (κ3) is 6.81. The second-order valence-electron chi connectivity index (χ2n) is 7.61. The standard InChI is InChI=1S/C24H27ClFN3O2S/c1-2-3-4-5-8-15-29-22(30)16-21(23(31)28-20-10-7-6-9-19(20)26)32-24(29)27-18-13-11-17(25)12-14-18/h6-7,9-14,21H,2-5,8,15-16H2,1H3,(H,28,31). The maximum atomic E-state index is 13.9. The van der Waals surface area contributed by atoms with Crippen LogP contribution in [0.5, 0.6) is 0 Å². The van der Waals surface area contributed by atoms with E-state index in [9.17, 15) is 14.0 Å². The van der Waals surface area contributed by atoms with Crippen molar-refractivity contribution in [1.82, 2.24) is 4.90 Å². The lowest BCUT2D eigenvalue weighted by atomic mass is 10.1. The van der Waals surface area contributed by atoms with Crippen LogP contribution in [0.2, 0.25) is 5.02 Å². The van der Waals surface area contributed by atoms with Crippen molar-refractivity contribution in [1.29, 1.82) is 0 Å². The van der Waals surface area contributed by atoms with Gasteiger partial charge in [-0.05, 0) is 42.8 Å². The van der Waals surface area contributed by atoms with E-state index in [0.29, 0.717) is 22.4 Å². The fourth-order valence-corrected chi connectivity index (χ4v) is 4.59. The molecule has 170 valence electrons. The summed E-state index contributed by atoms with van der Waals surface area (Å²) in [6.45, 7) is 2.72. The molecule has 3 rings (SSSR count). The summed E-state index contributed by atoms with van der Waals surface area (Å²) in [5.41, 5.74) is 0.746. The highest BCUT2D eigenvalue weighted by Crippen LogP contribution is 2.31. The molecule has 0 aromatic heterocycles. The number of rotatable bonds is 9. The second kappa shape index (κ2) is 12.0. The number of hydrogen-bond acceptors (Lipinski definition) is 4. The fraction of sp³-hybridized carbons (Fsp3) is 0.375. The van der Waals surface area contributed by atoms with E-state index in [4.69, 9.17) is 11.6 Å². The lowest BCUT2D eigenvalue weighted by molar-refractivity contribution is -0.129. The van der Waals surface area contributed by atoms with Crippen LogP contribution in [0.3, 0.4) is 0 Å². The average Bonchev–Trinajstić information content (AvgIpc) is 2.78. The number of anilines is 1.